The number of rotatable bonds is 3. The van der Waals surface area contributed by atoms with Crippen LogP contribution in [0.1, 0.15) is 5.56 Å². The number of ether oxygens (including phenoxy) is 1. The summed E-state index contributed by atoms with van der Waals surface area (Å²) in [5.74, 6) is 0.942. The van der Waals surface area contributed by atoms with Crippen LogP contribution >= 0.6 is 0 Å². The minimum atomic E-state index is 0.606. The van der Waals surface area contributed by atoms with Gasteiger partial charge in [-0.25, -0.2) is 0 Å². The van der Waals surface area contributed by atoms with Crippen molar-refractivity contribution in [3.8, 4) is 5.75 Å². The summed E-state index contributed by atoms with van der Waals surface area (Å²) in [5.41, 5.74) is 2.38. The molecule has 0 spiro atoms. The lowest BCUT2D eigenvalue weighted by Gasteiger charge is -2.07. The van der Waals surface area contributed by atoms with Crippen molar-refractivity contribution in [2.45, 2.75) is 6.61 Å². The highest BCUT2D eigenvalue weighted by molar-refractivity contribution is 5.86. The molecule has 3 aromatic rings. The molecule has 0 saturated heterocycles. The van der Waals surface area contributed by atoms with Crippen molar-refractivity contribution >= 4 is 10.9 Å². The predicted molar refractivity (Wildman–Crippen MR) is 73.7 cm³/mol. The molecule has 2 nitrogen and oxygen atoms in total. The van der Waals surface area contributed by atoms with Gasteiger partial charge in [-0.1, -0.05) is 36.4 Å². The van der Waals surface area contributed by atoms with E-state index in [1.54, 1.807) is 0 Å². The van der Waals surface area contributed by atoms with Crippen molar-refractivity contribution in [3.63, 3.8) is 0 Å². The summed E-state index contributed by atoms with van der Waals surface area (Å²) in [6, 6.07) is 18.5. The lowest BCUT2D eigenvalue weighted by atomic mass is 10.2. The van der Waals surface area contributed by atoms with Gasteiger partial charge in [-0.15, -0.1) is 0 Å². The number of fused-ring (bicyclic) bond motifs is 1. The average Bonchev–Trinajstić information content (AvgIpc) is 2.80. The Labute approximate surface area is 106 Å². The van der Waals surface area contributed by atoms with Crippen molar-refractivity contribution in [1.82, 2.24) is 4.57 Å². The number of aryl methyl sites for hydroxylation is 1. The Balaban J connectivity index is 1.87. The second-order valence-corrected chi connectivity index (χ2v) is 4.39. The summed E-state index contributed by atoms with van der Waals surface area (Å²) in [5, 5.41) is 1.16. The minimum Gasteiger partial charge on any atom is -0.488 e. The van der Waals surface area contributed by atoms with E-state index in [1.807, 2.05) is 37.4 Å². The summed E-state index contributed by atoms with van der Waals surface area (Å²) in [6.45, 7) is 0.606. The van der Waals surface area contributed by atoms with E-state index in [0.29, 0.717) is 6.61 Å². The van der Waals surface area contributed by atoms with Crippen LogP contribution < -0.4 is 4.74 Å². The Kier molecular flexibility index (Phi) is 2.77. The fourth-order valence-electron chi connectivity index (χ4n) is 2.14. The van der Waals surface area contributed by atoms with E-state index in [1.165, 1.54) is 11.1 Å². The maximum atomic E-state index is 5.91. The largest absolute Gasteiger partial charge is 0.488 e. The van der Waals surface area contributed by atoms with Crippen LogP contribution in [0.3, 0.4) is 0 Å². The molecule has 0 atom stereocenters. The molecular weight excluding hydrogens is 222 g/mol. The van der Waals surface area contributed by atoms with E-state index in [2.05, 4.69) is 35.0 Å². The molecule has 3 rings (SSSR count). The predicted octanol–water partition coefficient (Wildman–Crippen LogP) is 3.76. The normalized spacial score (nSPS) is 10.7. The Morgan fingerprint density at radius 1 is 0.944 bits per heavy atom. The highest BCUT2D eigenvalue weighted by Gasteiger charge is 2.04. The van der Waals surface area contributed by atoms with E-state index in [-0.39, 0.29) is 0 Å². The molecule has 0 radical (unpaired) electrons. The molecule has 2 heteroatoms. The topological polar surface area (TPSA) is 14.2 Å². The van der Waals surface area contributed by atoms with Crippen LogP contribution in [-0.4, -0.2) is 4.57 Å². The van der Waals surface area contributed by atoms with Crippen LogP contribution in [0.2, 0.25) is 0 Å². The first kappa shape index (κ1) is 10.9. The number of hydrogen-bond donors (Lipinski definition) is 0. The maximum Gasteiger partial charge on any atom is 0.129 e. The van der Waals surface area contributed by atoms with Gasteiger partial charge in [0.05, 0.1) is 5.52 Å². The van der Waals surface area contributed by atoms with Crippen molar-refractivity contribution in [2.24, 2.45) is 7.05 Å². The van der Waals surface area contributed by atoms with Crippen LogP contribution in [0, 0.1) is 0 Å². The summed E-state index contributed by atoms with van der Waals surface area (Å²) < 4.78 is 8.01. The monoisotopic (exact) mass is 237 g/mol. The van der Waals surface area contributed by atoms with E-state index < -0.39 is 0 Å². The molecule has 0 amide bonds. The van der Waals surface area contributed by atoms with Crippen LogP contribution in [0.15, 0.2) is 60.8 Å². The Morgan fingerprint density at radius 2 is 1.78 bits per heavy atom. The lowest BCUT2D eigenvalue weighted by Crippen LogP contribution is -1.95. The van der Waals surface area contributed by atoms with E-state index in [0.717, 1.165) is 11.1 Å². The van der Waals surface area contributed by atoms with Crippen LogP contribution in [0.25, 0.3) is 10.9 Å². The van der Waals surface area contributed by atoms with E-state index in [9.17, 15) is 0 Å². The maximum absolute atomic E-state index is 5.91. The second-order valence-electron chi connectivity index (χ2n) is 4.39. The molecule has 0 fully saturated rings. The van der Waals surface area contributed by atoms with Gasteiger partial charge < -0.3 is 9.30 Å². The third kappa shape index (κ3) is 1.97. The molecule has 0 aliphatic heterocycles. The molecule has 1 heterocycles. The molecule has 1 aromatic heterocycles. The minimum absolute atomic E-state index is 0.606. The van der Waals surface area contributed by atoms with Gasteiger partial charge in [0.25, 0.3) is 0 Å². The Bertz CT molecular complexity index is 655. The van der Waals surface area contributed by atoms with E-state index in [4.69, 9.17) is 4.74 Å². The van der Waals surface area contributed by atoms with Gasteiger partial charge in [0.2, 0.25) is 0 Å². The summed E-state index contributed by atoms with van der Waals surface area (Å²) in [6.07, 6.45) is 2.06. The molecule has 90 valence electrons. The van der Waals surface area contributed by atoms with Crippen molar-refractivity contribution in [1.29, 1.82) is 0 Å². The third-order valence-corrected chi connectivity index (χ3v) is 3.13. The van der Waals surface area contributed by atoms with Crippen molar-refractivity contribution in [3.05, 3.63) is 66.4 Å². The van der Waals surface area contributed by atoms with Gasteiger partial charge in [-0.2, -0.15) is 0 Å². The SMILES string of the molecule is Cn1ccc2c(OCc3ccccc3)cccc21. The van der Waals surface area contributed by atoms with Gasteiger partial charge in [-0.05, 0) is 23.8 Å². The fraction of sp³-hybridized carbons (Fsp3) is 0.125. The lowest BCUT2D eigenvalue weighted by molar-refractivity contribution is 0.310. The first-order valence-corrected chi connectivity index (χ1v) is 6.05. The molecule has 0 N–H and O–H groups in total. The van der Waals surface area contributed by atoms with Crippen molar-refractivity contribution in [2.75, 3.05) is 0 Å². The quantitative estimate of drug-likeness (QED) is 0.676. The zero-order valence-corrected chi connectivity index (χ0v) is 10.3. The Morgan fingerprint density at radius 3 is 2.61 bits per heavy atom. The zero-order chi connectivity index (χ0) is 12.4. The number of hydrogen-bond acceptors (Lipinski definition) is 1. The molecule has 0 aliphatic carbocycles. The van der Waals surface area contributed by atoms with Crippen LogP contribution in [0.4, 0.5) is 0 Å². The third-order valence-electron chi connectivity index (χ3n) is 3.13. The molecule has 0 unspecified atom stereocenters. The highest BCUT2D eigenvalue weighted by Crippen LogP contribution is 2.26. The van der Waals surface area contributed by atoms with Gasteiger partial charge >= 0.3 is 0 Å². The summed E-state index contributed by atoms with van der Waals surface area (Å²) >= 11 is 0. The van der Waals surface area contributed by atoms with Crippen LogP contribution in [0.5, 0.6) is 5.75 Å². The second kappa shape index (κ2) is 4.57. The first-order valence-electron chi connectivity index (χ1n) is 6.05. The molecular formula is C16H15NO. The fourth-order valence-corrected chi connectivity index (χ4v) is 2.14. The molecule has 0 bridgehead atoms. The summed E-state index contributed by atoms with van der Waals surface area (Å²) in [7, 11) is 2.04. The smallest absolute Gasteiger partial charge is 0.129 e. The highest BCUT2D eigenvalue weighted by atomic mass is 16.5. The molecule has 0 saturated carbocycles. The van der Waals surface area contributed by atoms with E-state index >= 15 is 0 Å². The molecule has 18 heavy (non-hydrogen) atoms. The van der Waals surface area contributed by atoms with Crippen molar-refractivity contribution < 1.29 is 4.74 Å². The summed E-state index contributed by atoms with van der Waals surface area (Å²) in [4.78, 5) is 0. The van der Waals surface area contributed by atoms with Gasteiger partial charge in [0.1, 0.15) is 12.4 Å². The van der Waals surface area contributed by atoms with Gasteiger partial charge in [0.15, 0.2) is 0 Å². The number of aromatic nitrogens is 1. The molecule has 0 aliphatic rings. The number of benzene rings is 2. The van der Waals surface area contributed by atoms with Crippen LogP contribution in [-0.2, 0) is 13.7 Å². The Hall–Kier alpha value is -2.22. The number of nitrogens with zero attached hydrogens (tertiary/aromatic N) is 1. The standard InChI is InChI=1S/C16H15NO/c1-17-11-10-14-15(17)8-5-9-16(14)18-12-13-6-3-2-4-7-13/h2-11H,12H2,1H3. The average molecular weight is 237 g/mol. The van der Waals surface area contributed by atoms with Gasteiger partial charge in [0, 0.05) is 18.6 Å². The zero-order valence-electron chi connectivity index (χ0n) is 10.3. The van der Waals surface area contributed by atoms with Gasteiger partial charge in [-0.3, -0.25) is 0 Å². The first-order chi connectivity index (χ1) is 8.84. The molecule has 2 aromatic carbocycles.